The van der Waals surface area contributed by atoms with E-state index in [4.69, 9.17) is 0 Å². The molecule has 0 saturated heterocycles. The van der Waals surface area contributed by atoms with Crippen LogP contribution in [0.1, 0.15) is 40.5 Å². The normalized spacial score (nSPS) is 16.3. The van der Waals surface area contributed by atoms with E-state index in [1.165, 1.54) is 12.2 Å². The number of alkyl halides is 2. The summed E-state index contributed by atoms with van der Waals surface area (Å²) in [6.07, 6.45) is 5.22. The van der Waals surface area contributed by atoms with Gasteiger partial charge in [-0.05, 0) is 25.0 Å². The van der Waals surface area contributed by atoms with Gasteiger partial charge in [0.25, 0.3) is 5.92 Å². The molecule has 0 heterocycles. The molecule has 1 aliphatic carbocycles. The average molecular weight is 232 g/mol. The largest absolute Gasteiger partial charge is 0.273 e. The Morgan fingerprint density at radius 1 is 1.25 bits per heavy atom. The number of hydrogen-bond acceptors (Lipinski definition) is 0. The van der Waals surface area contributed by atoms with Crippen molar-refractivity contribution >= 4 is 0 Å². The third kappa shape index (κ3) is 4.25. The summed E-state index contributed by atoms with van der Waals surface area (Å²) in [5.41, 5.74) is 0.244. The minimum Gasteiger partial charge on any atom is -0.207 e. The molecule has 92 valence electrons. The zero-order chi connectivity index (χ0) is 12.8. The van der Waals surface area contributed by atoms with Crippen LogP contribution in [0.15, 0.2) is 35.2 Å². The molecule has 0 aromatic rings. The lowest BCUT2D eigenvalue weighted by Crippen LogP contribution is -2.14. The van der Waals surface area contributed by atoms with Crippen molar-refractivity contribution in [2.75, 3.05) is 0 Å². The van der Waals surface area contributed by atoms with Crippen molar-refractivity contribution in [1.29, 1.82) is 0 Å². The second-order valence-corrected chi connectivity index (χ2v) is 3.37. The van der Waals surface area contributed by atoms with Crippen LogP contribution < -0.4 is 0 Å². The summed E-state index contributed by atoms with van der Waals surface area (Å²) in [6, 6.07) is 0. The molecule has 0 aromatic heterocycles. The van der Waals surface area contributed by atoms with E-state index in [1.54, 1.807) is 6.08 Å². The molecule has 0 N–H and O–H groups in total. The molecule has 0 unspecified atom stereocenters. The van der Waals surface area contributed by atoms with E-state index < -0.39 is 17.3 Å². The number of allylic oxidation sites excluding steroid dienone is 6. The number of rotatable bonds is 2. The van der Waals surface area contributed by atoms with Gasteiger partial charge < -0.3 is 0 Å². The Bertz CT molecular complexity index is 304. The van der Waals surface area contributed by atoms with Crippen LogP contribution >= 0.6 is 0 Å². The van der Waals surface area contributed by atoms with E-state index in [9.17, 15) is 13.2 Å². The highest BCUT2D eigenvalue weighted by Crippen LogP contribution is 2.33. The molecular formula is C13H19F3. The SMILES string of the molecule is CC.CCC1=CCC=C(F)C(C(C)(F)F)=C1. The monoisotopic (exact) mass is 232 g/mol. The fraction of sp³-hybridized carbons (Fsp3) is 0.538. The predicted octanol–water partition coefficient (Wildman–Crippen LogP) is 5.19. The van der Waals surface area contributed by atoms with Crippen LogP contribution in [0.4, 0.5) is 13.2 Å². The van der Waals surface area contributed by atoms with Gasteiger partial charge in [-0.3, -0.25) is 0 Å². The number of halogens is 3. The van der Waals surface area contributed by atoms with Gasteiger partial charge in [0.05, 0.1) is 5.57 Å². The first-order valence-electron chi connectivity index (χ1n) is 5.60. The van der Waals surface area contributed by atoms with Crippen molar-refractivity contribution in [2.45, 2.75) is 46.5 Å². The summed E-state index contributed by atoms with van der Waals surface area (Å²) in [5, 5.41) is 0. The van der Waals surface area contributed by atoms with Gasteiger partial charge in [0.2, 0.25) is 0 Å². The van der Waals surface area contributed by atoms with Gasteiger partial charge in [0, 0.05) is 6.92 Å². The van der Waals surface area contributed by atoms with E-state index in [0.29, 0.717) is 19.8 Å². The van der Waals surface area contributed by atoms with Crippen molar-refractivity contribution in [3.63, 3.8) is 0 Å². The second-order valence-electron chi connectivity index (χ2n) is 3.37. The molecule has 16 heavy (non-hydrogen) atoms. The molecule has 0 atom stereocenters. The summed E-state index contributed by atoms with van der Waals surface area (Å²) in [4.78, 5) is 0. The average Bonchev–Trinajstić information content (AvgIpc) is 2.42. The summed E-state index contributed by atoms with van der Waals surface area (Å²) in [5.74, 6) is -3.92. The van der Waals surface area contributed by atoms with Gasteiger partial charge >= 0.3 is 0 Å². The van der Waals surface area contributed by atoms with Crippen LogP contribution in [0.5, 0.6) is 0 Å². The van der Waals surface area contributed by atoms with Crippen LogP contribution in [0.2, 0.25) is 0 Å². The summed E-state index contributed by atoms with van der Waals surface area (Å²) in [7, 11) is 0. The van der Waals surface area contributed by atoms with E-state index >= 15 is 0 Å². The van der Waals surface area contributed by atoms with Crippen molar-refractivity contribution in [3.05, 3.63) is 35.2 Å². The van der Waals surface area contributed by atoms with Gasteiger partial charge in [-0.1, -0.05) is 32.4 Å². The topological polar surface area (TPSA) is 0 Å². The first-order chi connectivity index (χ1) is 7.45. The van der Waals surface area contributed by atoms with Crippen molar-refractivity contribution in [3.8, 4) is 0 Å². The van der Waals surface area contributed by atoms with Gasteiger partial charge in [-0.25, -0.2) is 13.2 Å². The maximum atomic E-state index is 13.2. The van der Waals surface area contributed by atoms with Gasteiger partial charge in [0.1, 0.15) is 5.83 Å². The molecule has 0 bridgehead atoms. The minimum atomic E-state index is -3.11. The maximum absolute atomic E-state index is 13.2. The maximum Gasteiger partial charge on any atom is 0.273 e. The van der Waals surface area contributed by atoms with Gasteiger partial charge in [-0.2, -0.15) is 0 Å². The zero-order valence-corrected chi connectivity index (χ0v) is 10.3. The molecular weight excluding hydrogens is 213 g/mol. The van der Waals surface area contributed by atoms with Crippen LogP contribution in [-0.4, -0.2) is 5.92 Å². The molecule has 1 rings (SSSR count). The highest BCUT2D eigenvalue weighted by Gasteiger charge is 2.31. The van der Waals surface area contributed by atoms with Gasteiger partial charge in [-0.15, -0.1) is 0 Å². The van der Waals surface area contributed by atoms with E-state index in [0.717, 1.165) is 5.57 Å². The summed E-state index contributed by atoms with van der Waals surface area (Å²) < 4.78 is 39.1. The highest BCUT2D eigenvalue weighted by atomic mass is 19.3. The van der Waals surface area contributed by atoms with Crippen LogP contribution in [0, 0.1) is 0 Å². The zero-order valence-electron chi connectivity index (χ0n) is 10.3. The third-order valence-corrected chi connectivity index (χ3v) is 2.15. The van der Waals surface area contributed by atoms with E-state index in [2.05, 4.69) is 0 Å². The molecule has 0 aromatic carbocycles. The molecule has 0 nitrogen and oxygen atoms in total. The molecule has 0 spiro atoms. The van der Waals surface area contributed by atoms with E-state index in [1.807, 2.05) is 20.8 Å². The molecule has 0 amide bonds. The van der Waals surface area contributed by atoms with Crippen molar-refractivity contribution in [1.82, 2.24) is 0 Å². The first kappa shape index (κ1) is 15.0. The Morgan fingerprint density at radius 2 is 1.81 bits per heavy atom. The van der Waals surface area contributed by atoms with E-state index in [-0.39, 0.29) is 0 Å². The van der Waals surface area contributed by atoms with Crippen LogP contribution in [0.25, 0.3) is 0 Å². The molecule has 0 aliphatic heterocycles. The lowest BCUT2D eigenvalue weighted by Gasteiger charge is -2.13. The van der Waals surface area contributed by atoms with Crippen LogP contribution in [-0.2, 0) is 0 Å². The Balaban J connectivity index is 0.00000106. The second kappa shape index (κ2) is 6.56. The fourth-order valence-corrected chi connectivity index (χ4v) is 1.32. The predicted molar refractivity (Wildman–Crippen MR) is 62.2 cm³/mol. The molecule has 0 radical (unpaired) electrons. The molecule has 0 fully saturated rings. The molecule has 1 aliphatic rings. The van der Waals surface area contributed by atoms with Gasteiger partial charge in [0.15, 0.2) is 0 Å². The Morgan fingerprint density at radius 3 is 2.25 bits per heavy atom. The summed E-state index contributed by atoms with van der Waals surface area (Å²) in [6.45, 7) is 6.57. The molecule has 0 saturated carbocycles. The van der Waals surface area contributed by atoms with Crippen molar-refractivity contribution < 1.29 is 13.2 Å². The summed E-state index contributed by atoms with van der Waals surface area (Å²) >= 11 is 0. The minimum absolute atomic E-state index is 0.380. The lowest BCUT2D eigenvalue weighted by molar-refractivity contribution is 0.0629. The Labute approximate surface area is 95.5 Å². The fourth-order valence-electron chi connectivity index (χ4n) is 1.32. The standard InChI is InChI=1S/C11H13F3.C2H6/c1-3-8-5-4-6-10(12)9(7-8)11(2,13)14;1-2/h5-7H,3-4H2,1-2H3;1-2H3. The third-order valence-electron chi connectivity index (χ3n) is 2.15. The highest BCUT2D eigenvalue weighted by molar-refractivity contribution is 5.40. The Hall–Kier alpha value is -0.990. The smallest absolute Gasteiger partial charge is 0.207 e. The number of hydrogen-bond donors (Lipinski definition) is 0. The van der Waals surface area contributed by atoms with Crippen molar-refractivity contribution in [2.24, 2.45) is 0 Å². The molecule has 3 heteroatoms. The first-order valence-corrected chi connectivity index (χ1v) is 5.60. The Kier molecular flexibility index (Phi) is 6.16. The van der Waals surface area contributed by atoms with Crippen LogP contribution in [0.3, 0.4) is 0 Å². The quantitative estimate of drug-likeness (QED) is 0.614. The lowest BCUT2D eigenvalue weighted by atomic mass is 10.1.